The van der Waals surface area contributed by atoms with Crippen LogP contribution in [0.5, 0.6) is 5.75 Å². The van der Waals surface area contributed by atoms with Crippen molar-refractivity contribution >= 4 is 11.8 Å². The maximum atomic E-state index is 9.11. The molecule has 0 fully saturated rings. The number of rotatable bonds is 8. The number of thioether (sulfide) groups is 1. The van der Waals surface area contributed by atoms with Crippen LogP contribution in [-0.4, -0.2) is 37.8 Å². The smallest absolute Gasteiger partial charge is 0.115 e. The number of phenols is 1. The van der Waals surface area contributed by atoms with E-state index < -0.39 is 0 Å². The Morgan fingerprint density at radius 3 is 2.56 bits per heavy atom. The fraction of sp³-hybridized carbons (Fsp3) is 0.500. The summed E-state index contributed by atoms with van der Waals surface area (Å²) in [5.74, 6) is 1.34. The molecule has 0 bridgehead atoms. The van der Waals surface area contributed by atoms with Crippen LogP contribution < -0.4 is 0 Å². The van der Waals surface area contributed by atoms with E-state index in [-0.39, 0.29) is 0 Å². The molecule has 0 aliphatic carbocycles. The van der Waals surface area contributed by atoms with E-state index >= 15 is 0 Å². The molecule has 1 N–H and O–H groups in total. The van der Waals surface area contributed by atoms with Gasteiger partial charge < -0.3 is 14.6 Å². The predicted octanol–water partition coefficient (Wildman–Crippen LogP) is 2.54. The highest BCUT2D eigenvalue weighted by Gasteiger charge is 1.95. The number of benzene rings is 1. The quantitative estimate of drug-likeness (QED) is 0.561. The molecule has 0 aliphatic heterocycles. The van der Waals surface area contributed by atoms with Gasteiger partial charge in [-0.2, -0.15) is 0 Å². The van der Waals surface area contributed by atoms with Gasteiger partial charge in [-0.1, -0.05) is 0 Å². The van der Waals surface area contributed by atoms with Gasteiger partial charge in [-0.25, -0.2) is 0 Å². The lowest BCUT2D eigenvalue weighted by Crippen LogP contribution is -2.03. The SMILES string of the molecule is COCCOCCCSc1ccc(O)cc1. The summed E-state index contributed by atoms with van der Waals surface area (Å²) in [6.07, 6.45) is 1.02. The molecule has 1 rings (SSSR count). The van der Waals surface area contributed by atoms with Crippen molar-refractivity contribution < 1.29 is 14.6 Å². The molecular weight excluding hydrogens is 224 g/mol. The maximum Gasteiger partial charge on any atom is 0.115 e. The van der Waals surface area contributed by atoms with Gasteiger partial charge in [0.05, 0.1) is 13.2 Å². The molecule has 1 aromatic carbocycles. The van der Waals surface area contributed by atoms with Crippen LogP contribution in [0.1, 0.15) is 6.42 Å². The minimum atomic E-state index is 0.312. The Bertz CT molecular complexity index is 274. The molecular formula is C12H18O3S. The monoisotopic (exact) mass is 242 g/mol. The van der Waals surface area contributed by atoms with Gasteiger partial charge in [0, 0.05) is 24.4 Å². The lowest BCUT2D eigenvalue weighted by Gasteiger charge is -2.03. The third kappa shape index (κ3) is 6.00. The van der Waals surface area contributed by atoms with E-state index in [9.17, 15) is 0 Å². The van der Waals surface area contributed by atoms with E-state index in [4.69, 9.17) is 14.6 Å². The molecule has 90 valence electrons. The molecule has 0 saturated carbocycles. The van der Waals surface area contributed by atoms with Crippen molar-refractivity contribution in [1.29, 1.82) is 0 Å². The van der Waals surface area contributed by atoms with E-state index in [0.717, 1.165) is 18.8 Å². The molecule has 16 heavy (non-hydrogen) atoms. The molecule has 1 aromatic rings. The maximum absolute atomic E-state index is 9.11. The Hall–Kier alpha value is -0.710. The van der Waals surface area contributed by atoms with Crippen LogP contribution in [0, 0.1) is 0 Å². The van der Waals surface area contributed by atoms with E-state index in [0.29, 0.717) is 19.0 Å². The Balaban J connectivity index is 2.01. The average Bonchev–Trinajstić information content (AvgIpc) is 2.30. The van der Waals surface area contributed by atoms with Crippen molar-refractivity contribution in [2.24, 2.45) is 0 Å². The molecule has 0 aliphatic rings. The van der Waals surface area contributed by atoms with Crippen LogP contribution in [0.2, 0.25) is 0 Å². The molecule has 0 radical (unpaired) electrons. The number of phenolic OH excluding ortho intramolecular Hbond substituents is 1. The Kier molecular flexibility index (Phi) is 7.05. The molecule has 0 heterocycles. The zero-order chi connectivity index (χ0) is 11.6. The summed E-state index contributed by atoms with van der Waals surface area (Å²) in [5.41, 5.74) is 0. The Labute approximate surface area is 101 Å². The van der Waals surface area contributed by atoms with Gasteiger partial charge in [0.15, 0.2) is 0 Å². The largest absolute Gasteiger partial charge is 0.508 e. The van der Waals surface area contributed by atoms with E-state index in [2.05, 4.69) is 0 Å². The molecule has 3 nitrogen and oxygen atoms in total. The number of ether oxygens (including phenoxy) is 2. The van der Waals surface area contributed by atoms with E-state index in [1.54, 1.807) is 31.0 Å². The zero-order valence-electron chi connectivity index (χ0n) is 9.52. The second-order valence-electron chi connectivity index (χ2n) is 3.30. The molecule has 0 spiro atoms. The third-order valence-electron chi connectivity index (χ3n) is 1.97. The predicted molar refractivity (Wildman–Crippen MR) is 66.1 cm³/mol. The molecule has 0 atom stereocenters. The number of hydrogen-bond donors (Lipinski definition) is 1. The highest BCUT2D eigenvalue weighted by molar-refractivity contribution is 7.99. The van der Waals surface area contributed by atoms with Gasteiger partial charge in [0.25, 0.3) is 0 Å². The van der Waals surface area contributed by atoms with Crippen LogP contribution in [-0.2, 0) is 9.47 Å². The van der Waals surface area contributed by atoms with Gasteiger partial charge >= 0.3 is 0 Å². The fourth-order valence-corrected chi connectivity index (χ4v) is 1.96. The van der Waals surface area contributed by atoms with E-state index in [1.807, 2.05) is 12.1 Å². The average molecular weight is 242 g/mol. The molecule has 4 heteroatoms. The number of aromatic hydroxyl groups is 1. The van der Waals surface area contributed by atoms with Gasteiger partial charge in [0.1, 0.15) is 5.75 Å². The normalized spacial score (nSPS) is 10.6. The first-order valence-corrected chi connectivity index (χ1v) is 6.30. The second kappa shape index (κ2) is 8.44. The summed E-state index contributed by atoms with van der Waals surface area (Å²) in [5, 5.41) is 9.11. The van der Waals surface area contributed by atoms with Crippen molar-refractivity contribution in [2.75, 3.05) is 32.7 Å². The molecule has 0 amide bonds. The van der Waals surface area contributed by atoms with Crippen LogP contribution in [0.25, 0.3) is 0 Å². The second-order valence-corrected chi connectivity index (χ2v) is 4.47. The summed E-state index contributed by atoms with van der Waals surface area (Å²) < 4.78 is 10.2. The number of hydrogen-bond acceptors (Lipinski definition) is 4. The highest BCUT2D eigenvalue weighted by Crippen LogP contribution is 2.21. The van der Waals surface area contributed by atoms with Gasteiger partial charge in [0.2, 0.25) is 0 Å². The van der Waals surface area contributed by atoms with Crippen LogP contribution in [0.4, 0.5) is 0 Å². The Morgan fingerprint density at radius 2 is 1.88 bits per heavy atom. The Morgan fingerprint density at radius 1 is 1.12 bits per heavy atom. The summed E-state index contributed by atoms with van der Waals surface area (Å²) in [7, 11) is 1.67. The first-order chi connectivity index (χ1) is 7.83. The summed E-state index contributed by atoms with van der Waals surface area (Å²) in [6.45, 7) is 2.10. The van der Waals surface area contributed by atoms with Crippen LogP contribution in [0.3, 0.4) is 0 Å². The van der Waals surface area contributed by atoms with Crippen LogP contribution >= 0.6 is 11.8 Å². The van der Waals surface area contributed by atoms with Crippen molar-refractivity contribution in [3.63, 3.8) is 0 Å². The standard InChI is InChI=1S/C12H18O3S/c1-14-8-9-15-7-2-10-16-12-5-3-11(13)4-6-12/h3-6,13H,2,7-10H2,1H3. The summed E-state index contributed by atoms with van der Waals surface area (Å²) in [4.78, 5) is 1.18. The van der Waals surface area contributed by atoms with Crippen molar-refractivity contribution in [2.45, 2.75) is 11.3 Å². The highest BCUT2D eigenvalue weighted by atomic mass is 32.2. The number of methoxy groups -OCH3 is 1. The van der Waals surface area contributed by atoms with E-state index in [1.165, 1.54) is 4.90 Å². The first kappa shape index (κ1) is 13.4. The van der Waals surface area contributed by atoms with Gasteiger partial charge in [-0.3, -0.25) is 0 Å². The lowest BCUT2D eigenvalue weighted by molar-refractivity contribution is 0.0713. The van der Waals surface area contributed by atoms with Crippen molar-refractivity contribution in [3.8, 4) is 5.75 Å². The molecule has 0 aromatic heterocycles. The molecule has 0 saturated heterocycles. The minimum Gasteiger partial charge on any atom is -0.508 e. The third-order valence-corrected chi connectivity index (χ3v) is 3.07. The topological polar surface area (TPSA) is 38.7 Å². The fourth-order valence-electron chi connectivity index (χ4n) is 1.14. The first-order valence-electron chi connectivity index (χ1n) is 5.31. The van der Waals surface area contributed by atoms with Gasteiger partial charge in [-0.05, 0) is 30.7 Å². The molecule has 0 unspecified atom stereocenters. The van der Waals surface area contributed by atoms with Crippen molar-refractivity contribution in [1.82, 2.24) is 0 Å². The summed E-state index contributed by atoms with van der Waals surface area (Å²) >= 11 is 1.77. The minimum absolute atomic E-state index is 0.312. The van der Waals surface area contributed by atoms with Crippen molar-refractivity contribution in [3.05, 3.63) is 24.3 Å². The van der Waals surface area contributed by atoms with Crippen LogP contribution in [0.15, 0.2) is 29.2 Å². The summed E-state index contributed by atoms with van der Waals surface area (Å²) in [6, 6.07) is 7.26. The lowest BCUT2D eigenvalue weighted by atomic mass is 10.3. The van der Waals surface area contributed by atoms with Gasteiger partial charge in [-0.15, -0.1) is 11.8 Å². The zero-order valence-corrected chi connectivity index (χ0v) is 10.3.